The zero-order valence-electron chi connectivity index (χ0n) is 9.05. The van der Waals surface area contributed by atoms with E-state index in [0.717, 1.165) is 12.0 Å². The molecule has 0 fully saturated rings. The molecule has 0 aliphatic heterocycles. The molecule has 1 rings (SSSR count). The number of benzene rings is 1. The van der Waals surface area contributed by atoms with Gasteiger partial charge in [-0.05, 0) is 30.0 Å². The molecule has 0 aliphatic rings. The topological polar surface area (TPSA) is 58.0 Å². The lowest BCUT2D eigenvalue weighted by molar-refractivity contribution is 0.118. The summed E-state index contributed by atoms with van der Waals surface area (Å²) in [5.74, 6) is 0. The van der Waals surface area contributed by atoms with Crippen molar-refractivity contribution in [3.8, 4) is 0 Å². The largest absolute Gasteiger partial charge is 0.381 e. The molecule has 1 aromatic carbocycles. The first kappa shape index (κ1) is 11.6. The predicted octanol–water partition coefficient (Wildman–Crippen LogP) is 3.07. The monoisotopic (exact) mass is 205 g/mol. The maximum absolute atomic E-state index is 8.28. The number of ether oxygens (including phenoxy) is 1. The van der Waals surface area contributed by atoms with Gasteiger partial charge in [0.15, 0.2) is 0 Å². The normalized spacial score (nSPS) is 11.9. The fourth-order valence-electron chi connectivity index (χ4n) is 1.41. The van der Waals surface area contributed by atoms with Crippen molar-refractivity contribution in [2.45, 2.75) is 26.0 Å². The smallest absolute Gasteiger partial charge is 0.0583 e. The van der Waals surface area contributed by atoms with Crippen molar-refractivity contribution in [2.24, 2.45) is 5.11 Å². The first-order valence-corrected chi connectivity index (χ1v) is 4.88. The van der Waals surface area contributed by atoms with Crippen LogP contribution in [-0.2, 0) is 17.7 Å². The lowest BCUT2D eigenvalue weighted by Gasteiger charge is -2.12. The minimum Gasteiger partial charge on any atom is -0.381 e. The Morgan fingerprint density at radius 1 is 1.40 bits per heavy atom. The highest BCUT2D eigenvalue weighted by Crippen LogP contribution is 2.13. The fourth-order valence-corrected chi connectivity index (χ4v) is 1.41. The van der Waals surface area contributed by atoms with Crippen LogP contribution in [0.15, 0.2) is 29.4 Å². The van der Waals surface area contributed by atoms with E-state index >= 15 is 0 Å². The Kier molecular flexibility index (Phi) is 4.68. The summed E-state index contributed by atoms with van der Waals surface area (Å²) in [6, 6.07) is 7.95. The van der Waals surface area contributed by atoms with Gasteiger partial charge in [-0.2, -0.15) is 0 Å². The lowest BCUT2D eigenvalue weighted by atomic mass is 10.0. The van der Waals surface area contributed by atoms with Crippen LogP contribution in [0.3, 0.4) is 0 Å². The first-order valence-electron chi connectivity index (χ1n) is 4.88. The molecule has 0 aliphatic carbocycles. The van der Waals surface area contributed by atoms with Crippen molar-refractivity contribution >= 4 is 0 Å². The number of hydrogen-bond donors (Lipinski definition) is 0. The summed E-state index contributed by atoms with van der Waals surface area (Å²) >= 11 is 0. The SMILES string of the molecule is COC(C)Cc1ccccc1CN=[N+]=[N-]. The number of azide groups is 1. The summed E-state index contributed by atoms with van der Waals surface area (Å²) in [4.78, 5) is 2.77. The van der Waals surface area contributed by atoms with Crippen molar-refractivity contribution in [3.63, 3.8) is 0 Å². The molecule has 0 spiro atoms. The van der Waals surface area contributed by atoms with E-state index in [1.165, 1.54) is 5.56 Å². The van der Waals surface area contributed by atoms with Gasteiger partial charge in [-0.15, -0.1) is 0 Å². The van der Waals surface area contributed by atoms with Gasteiger partial charge in [0.1, 0.15) is 0 Å². The molecule has 0 bridgehead atoms. The van der Waals surface area contributed by atoms with E-state index in [9.17, 15) is 0 Å². The zero-order chi connectivity index (χ0) is 11.1. The van der Waals surface area contributed by atoms with Crippen LogP contribution in [0.1, 0.15) is 18.1 Å². The molecule has 0 amide bonds. The fraction of sp³-hybridized carbons (Fsp3) is 0.455. The molecular formula is C11H15N3O. The van der Waals surface area contributed by atoms with E-state index in [1.807, 2.05) is 31.2 Å². The molecule has 1 atom stereocenters. The van der Waals surface area contributed by atoms with Gasteiger partial charge in [-0.1, -0.05) is 29.4 Å². The number of rotatable bonds is 5. The van der Waals surface area contributed by atoms with Gasteiger partial charge in [-0.25, -0.2) is 0 Å². The number of nitrogens with zero attached hydrogens (tertiary/aromatic N) is 3. The van der Waals surface area contributed by atoms with Gasteiger partial charge in [-0.3, -0.25) is 0 Å². The van der Waals surface area contributed by atoms with E-state index in [4.69, 9.17) is 10.3 Å². The second kappa shape index (κ2) is 6.06. The Bertz CT molecular complexity index is 359. The molecule has 0 aromatic heterocycles. The quantitative estimate of drug-likeness (QED) is 0.414. The van der Waals surface area contributed by atoms with E-state index in [-0.39, 0.29) is 6.10 Å². The van der Waals surface area contributed by atoms with Crippen molar-refractivity contribution in [1.82, 2.24) is 0 Å². The molecule has 0 radical (unpaired) electrons. The maximum atomic E-state index is 8.28. The molecule has 0 saturated carbocycles. The zero-order valence-corrected chi connectivity index (χ0v) is 9.05. The molecular weight excluding hydrogens is 190 g/mol. The molecule has 0 N–H and O–H groups in total. The lowest BCUT2D eigenvalue weighted by Crippen LogP contribution is -2.10. The van der Waals surface area contributed by atoms with Crippen LogP contribution in [-0.4, -0.2) is 13.2 Å². The minimum absolute atomic E-state index is 0.178. The van der Waals surface area contributed by atoms with Gasteiger partial charge in [0.2, 0.25) is 0 Å². The summed E-state index contributed by atoms with van der Waals surface area (Å²) in [5.41, 5.74) is 10.5. The van der Waals surface area contributed by atoms with Crippen molar-refractivity contribution in [3.05, 3.63) is 45.8 Å². The highest BCUT2D eigenvalue weighted by molar-refractivity contribution is 5.27. The summed E-state index contributed by atoms with van der Waals surface area (Å²) in [7, 11) is 1.70. The molecule has 1 unspecified atom stereocenters. The van der Waals surface area contributed by atoms with Crippen molar-refractivity contribution < 1.29 is 4.74 Å². The summed E-state index contributed by atoms with van der Waals surface area (Å²) in [5, 5.41) is 3.58. The van der Waals surface area contributed by atoms with Gasteiger partial charge >= 0.3 is 0 Å². The van der Waals surface area contributed by atoms with Crippen molar-refractivity contribution in [2.75, 3.05) is 7.11 Å². The van der Waals surface area contributed by atoms with Gasteiger partial charge < -0.3 is 4.74 Å². The average molecular weight is 205 g/mol. The average Bonchev–Trinajstić information content (AvgIpc) is 2.28. The summed E-state index contributed by atoms with van der Waals surface area (Å²) in [6.07, 6.45) is 1.02. The first-order chi connectivity index (χ1) is 7.27. The Labute approximate surface area is 89.5 Å². The van der Waals surface area contributed by atoms with Gasteiger partial charge in [0.25, 0.3) is 0 Å². The molecule has 0 heterocycles. The summed E-state index contributed by atoms with van der Waals surface area (Å²) < 4.78 is 5.21. The molecule has 0 saturated heterocycles. The molecule has 15 heavy (non-hydrogen) atoms. The second-order valence-corrected chi connectivity index (χ2v) is 3.41. The van der Waals surface area contributed by atoms with Crippen LogP contribution in [0.25, 0.3) is 10.4 Å². The molecule has 4 heteroatoms. The van der Waals surface area contributed by atoms with Crippen LogP contribution < -0.4 is 0 Å². The third kappa shape index (κ3) is 3.62. The van der Waals surface area contributed by atoms with Crippen LogP contribution in [0.2, 0.25) is 0 Å². The minimum atomic E-state index is 0.178. The Morgan fingerprint density at radius 3 is 2.67 bits per heavy atom. The third-order valence-corrected chi connectivity index (χ3v) is 2.33. The van der Waals surface area contributed by atoms with Crippen LogP contribution in [0.4, 0.5) is 0 Å². The number of hydrogen-bond acceptors (Lipinski definition) is 2. The Balaban J connectivity index is 2.80. The molecule has 80 valence electrons. The molecule has 4 nitrogen and oxygen atoms in total. The van der Waals surface area contributed by atoms with Crippen molar-refractivity contribution in [1.29, 1.82) is 0 Å². The third-order valence-electron chi connectivity index (χ3n) is 2.33. The molecule has 1 aromatic rings. The summed E-state index contributed by atoms with van der Waals surface area (Å²) in [6.45, 7) is 2.42. The Morgan fingerprint density at radius 2 is 2.07 bits per heavy atom. The Hall–Kier alpha value is -1.51. The standard InChI is InChI=1S/C11H15N3O/c1-9(15-2)7-10-5-3-4-6-11(10)8-13-14-12/h3-6,9H,7-8H2,1-2H3. The van der Waals surface area contributed by atoms with Crippen LogP contribution in [0.5, 0.6) is 0 Å². The van der Waals surface area contributed by atoms with Gasteiger partial charge in [0, 0.05) is 12.0 Å². The second-order valence-electron chi connectivity index (χ2n) is 3.41. The van der Waals surface area contributed by atoms with E-state index in [1.54, 1.807) is 7.11 Å². The maximum Gasteiger partial charge on any atom is 0.0583 e. The highest BCUT2D eigenvalue weighted by atomic mass is 16.5. The van der Waals surface area contributed by atoms with Crippen LogP contribution >= 0.6 is 0 Å². The van der Waals surface area contributed by atoms with Crippen LogP contribution in [0, 0.1) is 0 Å². The van der Waals surface area contributed by atoms with E-state index < -0.39 is 0 Å². The highest BCUT2D eigenvalue weighted by Gasteiger charge is 2.05. The number of methoxy groups -OCH3 is 1. The predicted molar refractivity (Wildman–Crippen MR) is 59.5 cm³/mol. The van der Waals surface area contributed by atoms with E-state index in [0.29, 0.717) is 6.54 Å². The van der Waals surface area contributed by atoms with E-state index in [2.05, 4.69) is 10.0 Å². The van der Waals surface area contributed by atoms with Gasteiger partial charge in [0.05, 0.1) is 12.6 Å².